The third-order valence-corrected chi connectivity index (χ3v) is 18.2. The van der Waals surface area contributed by atoms with E-state index >= 15 is 0 Å². The first-order chi connectivity index (χ1) is 36.3. The molecule has 2 atom stereocenters. The van der Waals surface area contributed by atoms with Gasteiger partial charge in [0.05, 0.1) is 11.2 Å². The number of rotatable bonds is 5. The Morgan fingerprint density at radius 3 is 1.66 bits per heavy atom. The van der Waals surface area contributed by atoms with Crippen molar-refractivity contribution in [1.82, 2.24) is 0 Å². The van der Waals surface area contributed by atoms with Gasteiger partial charge in [-0.2, -0.15) is 0 Å². The number of para-hydroxylation sites is 1. The molecular formula is C72H70BN3. The summed E-state index contributed by atoms with van der Waals surface area (Å²) in [7, 11) is 0. The summed E-state index contributed by atoms with van der Waals surface area (Å²) in [6.07, 6.45) is 2.15. The Morgan fingerprint density at radius 1 is 0.395 bits per heavy atom. The predicted octanol–water partition coefficient (Wildman–Crippen LogP) is 17.3. The maximum Gasteiger partial charge on any atom is 0.252 e. The highest BCUT2D eigenvalue weighted by atomic mass is 15.3. The van der Waals surface area contributed by atoms with E-state index in [0.717, 1.165) is 18.5 Å². The summed E-state index contributed by atoms with van der Waals surface area (Å²) < 4.78 is 0. The number of fused-ring (bicyclic) bond motifs is 9. The van der Waals surface area contributed by atoms with Crippen LogP contribution in [0.25, 0.3) is 22.3 Å². The molecule has 0 spiro atoms. The number of hydrogen-bond acceptors (Lipinski definition) is 3. The molecule has 3 heterocycles. The zero-order valence-corrected chi connectivity index (χ0v) is 46.4. The van der Waals surface area contributed by atoms with Crippen molar-refractivity contribution >= 4 is 68.6 Å². The summed E-state index contributed by atoms with van der Waals surface area (Å²) in [6, 6.07) is 77.2. The number of nitrogens with zero attached hydrogens (tertiary/aromatic N) is 3. The Bertz CT molecular complexity index is 3760. The summed E-state index contributed by atoms with van der Waals surface area (Å²) in [5.41, 5.74) is 26.2. The first kappa shape index (κ1) is 48.1. The minimum absolute atomic E-state index is 0.00309. The fourth-order valence-electron chi connectivity index (χ4n) is 13.7. The van der Waals surface area contributed by atoms with E-state index in [4.69, 9.17) is 0 Å². The summed E-state index contributed by atoms with van der Waals surface area (Å²) in [4.78, 5) is 8.00. The molecule has 2 unspecified atom stereocenters. The molecule has 376 valence electrons. The third-order valence-electron chi connectivity index (χ3n) is 18.2. The van der Waals surface area contributed by atoms with Crippen molar-refractivity contribution in [2.24, 2.45) is 0 Å². The second kappa shape index (κ2) is 17.0. The van der Waals surface area contributed by atoms with E-state index in [-0.39, 0.29) is 33.9 Å². The average Bonchev–Trinajstić information content (AvgIpc) is 3.67. The molecule has 13 rings (SSSR count). The maximum atomic E-state index is 2.73. The smallest absolute Gasteiger partial charge is 0.252 e. The van der Waals surface area contributed by atoms with Crippen molar-refractivity contribution in [3.05, 3.63) is 234 Å². The van der Waals surface area contributed by atoms with Gasteiger partial charge in [-0.25, -0.2) is 0 Å². The molecule has 9 aromatic rings. The van der Waals surface area contributed by atoms with E-state index in [2.05, 4.69) is 291 Å². The van der Waals surface area contributed by atoms with E-state index in [1.807, 2.05) is 0 Å². The minimum Gasteiger partial charge on any atom is -0.330 e. The Hall–Kier alpha value is -7.56. The highest BCUT2D eigenvalue weighted by Gasteiger charge is 2.60. The highest BCUT2D eigenvalue weighted by Crippen LogP contribution is 2.64. The Labute approximate surface area is 453 Å². The van der Waals surface area contributed by atoms with Crippen LogP contribution in [-0.4, -0.2) is 6.71 Å². The topological polar surface area (TPSA) is 9.72 Å². The van der Waals surface area contributed by atoms with Crippen LogP contribution in [0.4, 0.5) is 45.5 Å². The highest BCUT2D eigenvalue weighted by molar-refractivity contribution is 7.00. The lowest BCUT2D eigenvalue weighted by atomic mass is 9.33. The molecule has 0 saturated heterocycles. The van der Waals surface area contributed by atoms with Crippen LogP contribution in [0.15, 0.2) is 200 Å². The largest absolute Gasteiger partial charge is 0.330 e. The molecule has 0 N–H and O–H groups in total. The summed E-state index contributed by atoms with van der Waals surface area (Å²) in [6.45, 7) is 26.0. The zero-order valence-electron chi connectivity index (χ0n) is 46.4. The SMILES string of the molecule is CC(C)(C)c1ccc(N2c3cc(N4c5ccccc5C5(C)CCc6ccccc6C45C)ccc3B3c4cc(-c5ccccc5)ccc4N(c4ccc(C(C)(C)C)cc4-c4ccccc4)c4cc(C(C)(C)C)cc2c43)cc1. The van der Waals surface area contributed by atoms with Gasteiger partial charge in [-0.3, -0.25) is 0 Å². The molecule has 0 saturated carbocycles. The van der Waals surface area contributed by atoms with Gasteiger partial charge < -0.3 is 14.7 Å². The van der Waals surface area contributed by atoms with Crippen molar-refractivity contribution in [2.45, 2.75) is 116 Å². The molecule has 0 amide bonds. The van der Waals surface area contributed by atoms with E-state index < -0.39 is 0 Å². The first-order valence-electron chi connectivity index (χ1n) is 27.8. The summed E-state index contributed by atoms with van der Waals surface area (Å²) in [5.74, 6) is 0. The van der Waals surface area contributed by atoms with E-state index in [1.54, 1.807) is 0 Å². The van der Waals surface area contributed by atoms with E-state index in [1.165, 1.54) is 112 Å². The summed E-state index contributed by atoms with van der Waals surface area (Å²) >= 11 is 0. The lowest BCUT2D eigenvalue weighted by molar-refractivity contribution is 0.245. The van der Waals surface area contributed by atoms with Gasteiger partial charge in [0.15, 0.2) is 0 Å². The van der Waals surface area contributed by atoms with Gasteiger partial charge >= 0.3 is 0 Å². The third kappa shape index (κ3) is 7.23. The van der Waals surface area contributed by atoms with Crippen LogP contribution in [0.1, 0.15) is 116 Å². The molecule has 1 aliphatic carbocycles. The van der Waals surface area contributed by atoms with Gasteiger partial charge in [-0.15, -0.1) is 0 Å². The van der Waals surface area contributed by atoms with Crippen LogP contribution < -0.4 is 31.1 Å². The molecule has 0 aromatic heterocycles. The molecule has 0 bridgehead atoms. The molecule has 76 heavy (non-hydrogen) atoms. The molecule has 9 aromatic carbocycles. The molecule has 4 heteroatoms. The number of aryl methyl sites for hydroxylation is 1. The van der Waals surface area contributed by atoms with E-state index in [9.17, 15) is 0 Å². The fraction of sp³-hybridized carbons (Fsp3) is 0.250. The fourth-order valence-corrected chi connectivity index (χ4v) is 13.7. The van der Waals surface area contributed by atoms with Gasteiger partial charge in [0.1, 0.15) is 0 Å². The molecule has 3 aliphatic heterocycles. The average molecular weight is 988 g/mol. The van der Waals surface area contributed by atoms with Gasteiger partial charge in [-0.05, 0) is 163 Å². The lowest BCUT2D eigenvalue weighted by Gasteiger charge is -2.51. The van der Waals surface area contributed by atoms with Crippen LogP contribution in [-0.2, 0) is 33.6 Å². The van der Waals surface area contributed by atoms with E-state index in [0.29, 0.717) is 0 Å². The summed E-state index contributed by atoms with van der Waals surface area (Å²) in [5, 5.41) is 0. The van der Waals surface area contributed by atoms with Crippen molar-refractivity contribution < 1.29 is 0 Å². The van der Waals surface area contributed by atoms with Crippen LogP contribution in [0.2, 0.25) is 0 Å². The molecule has 0 fully saturated rings. The Kier molecular flexibility index (Phi) is 10.7. The first-order valence-corrected chi connectivity index (χ1v) is 27.8. The maximum absolute atomic E-state index is 2.73. The molecule has 3 nitrogen and oxygen atoms in total. The van der Waals surface area contributed by atoms with Crippen LogP contribution in [0.5, 0.6) is 0 Å². The Balaban J connectivity index is 1.13. The zero-order chi connectivity index (χ0) is 52.7. The lowest BCUT2D eigenvalue weighted by Crippen LogP contribution is -2.61. The van der Waals surface area contributed by atoms with Gasteiger partial charge in [0.2, 0.25) is 0 Å². The van der Waals surface area contributed by atoms with Crippen molar-refractivity contribution in [3.63, 3.8) is 0 Å². The standard InChI is InChI=1S/C72H70BN3/c1-68(2,3)51-31-34-54(35-32-51)74-64-46-55(76-62-29-21-20-28-58(62)71(10)41-40-49-26-18-19-27-57(49)72(71,76)11)36-37-59(64)73-60-42-50(47-22-14-12-15-23-47)30-38-63(60)75(66-45-53(70(7,8)9)44-65(74)67(66)73)61-39-33-52(69(4,5)6)43-56(61)48-24-16-13-17-25-48/h12-39,42-46H,40-41H2,1-11H3. The number of benzene rings is 9. The van der Waals surface area contributed by atoms with Crippen LogP contribution in [0.3, 0.4) is 0 Å². The van der Waals surface area contributed by atoms with Gasteiger partial charge in [0.25, 0.3) is 6.71 Å². The van der Waals surface area contributed by atoms with Crippen LogP contribution in [0, 0.1) is 0 Å². The number of anilines is 8. The molecular weight excluding hydrogens is 918 g/mol. The van der Waals surface area contributed by atoms with Crippen molar-refractivity contribution in [3.8, 4) is 22.3 Å². The van der Waals surface area contributed by atoms with Crippen molar-refractivity contribution in [2.75, 3.05) is 14.7 Å². The second-order valence-electron chi connectivity index (χ2n) is 25.7. The minimum atomic E-state index is -0.334. The Morgan fingerprint density at radius 2 is 0.974 bits per heavy atom. The second-order valence-corrected chi connectivity index (χ2v) is 25.7. The van der Waals surface area contributed by atoms with Crippen molar-refractivity contribution in [1.29, 1.82) is 0 Å². The van der Waals surface area contributed by atoms with Crippen LogP contribution >= 0.6 is 0 Å². The molecule has 0 radical (unpaired) electrons. The normalized spacial score (nSPS) is 18.4. The quantitative estimate of drug-likeness (QED) is 0.159. The molecule has 4 aliphatic rings. The number of hydrogen-bond donors (Lipinski definition) is 0. The van der Waals surface area contributed by atoms with Gasteiger partial charge in [0, 0.05) is 50.8 Å². The van der Waals surface area contributed by atoms with Gasteiger partial charge in [-0.1, -0.05) is 209 Å². The predicted molar refractivity (Wildman–Crippen MR) is 325 cm³/mol. The monoisotopic (exact) mass is 988 g/mol.